The fourth-order valence-electron chi connectivity index (χ4n) is 1.47. The summed E-state index contributed by atoms with van der Waals surface area (Å²) in [5, 5.41) is 0. The predicted molar refractivity (Wildman–Crippen MR) is 71.1 cm³/mol. The number of hydrogen-bond acceptors (Lipinski definition) is 3. The van der Waals surface area contributed by atoms with E-state index in [4.69, 9.17) is 10.5 Å². The average Bonchev–Trinajstić information content (AvgIpc) is 2.34. The fraction of sp³-hybridized carbons (Fsp3) is 0.154. The van der Waals surface area contributed by atoms with Crippen LogP contribution in [0.1, 0.15) is 11.1 Å². The van der Waals surface area contributed by atoms with Crippen molar-refractivity contribution in [1.29, 1.82) is 0 Å². The van der Waals surface area contributed by atoms with E-state index in [-0.39, 0.29) is 0 Å². The number of ether oxygens (including phenoxy) is 1. The Bertz CT molecular complexity index is 529. The van der Waals surface area contributed by atoms with Gasteiger partial charge in [-0.15, -0.1) is 0 Å². The molecule has 0 amide bonds. The highest BCUT2D eigenvalue weighted by Crippen LogP contribution is 2.29. The number of nitrogens with two attached hydrogens (primary N) is 1. The molecule has 0 aliphatic carbocycles. The lowest BCUT2D eigenvalue weighted by molar-refractivity contribution is 0.471. The summed E-state index contributed by atoms with van der Waals surface area (Å²) < 4.78 is 6.85. The Labute approximate surface area is 109 Å². The predicted octanol–water partition coefficient (Wildman–Crippen LogP) is 3.40. The molecule has 0 radical (unpaired) electrons. The van der Waals surface area contributed by atoms with E-state index in [0.717, 1.165) is 27.1 Å². The third-order valence-corrected chi connectivity index (χ3v) is 2.94. The van der Waals surface area contributed by atoms with Crippen LogP contribution in [-0.4, -0.2) is 4.98 Å². The molecule has 0 aliphatic heterocycles. The van der Waals surface area contributed by atoms with E-state index in [2.05, 4.69) is 20.9 Å². The van der Waals surface area contributed by atoms with Crippen molar-refractivity contribution >= 4 is 15.9 Å². The SMILES string of the molecule is Cc1ccc(Br)cc1Oc1ccncc1CN. The minimum absolute atomic E-state index is 0.413. The second kappa shape index (κ2) is 5.29. The highest BCUT2D eigenvalue weighted by molar-refractivity contribution is 9.10. The Kier molecular flexibility index (Phi) is 3.76. The van der Waals surface area contributed by atoms with Gasteiger partial charge in [0.2, 0.25) is 0 Å². The van der Waals surface area contributed by atoms with E-state index < -0.39 is 0 Å². The van der Waals surface area contributed by atoms with Crippen molar-refractivity contribution in [1.82, 2.24) is 4.98 Å². The van der Waals surface area contributed by atoms with E-state index in [0.29, 0.717) is 6.54 Å². The van der Waals surface area contributed by atoms with Gasteiger partial charge in [-0.25, -0.2) is 0 Å². The molecule has 3 nitrogen and oxygen atoms in total. The molecule has 0 atom stereocenters. The first kappa shape index (κ1) is 12.1. The molecule has 0 spiro atoms. The molecule has 4 heteroatoms. The molecule has 1 aromatic carbocycles. The van der Waals surface area contributed by atoms with Crippen LogP contribution in [0.15, 0.2) is 41.1 Å². The largest absolute Gasteiger partial charge is 0.457 e. The van der Waals surface area contributed by atoms with Crippen LogP contribution in [0, 0.1) is 6.92 Å². The molecule has 0 fully saturated rings. The summed E-state index contributed by atoms with van der Waals surface area (Å²) in [5.41, 5.74) is 7.62. The number of aromatic nitrogens is 1. The van der Waals surface area contributed by atoms with Crippen LogP contribution in [0.2, 0.25) is 0 Å². The van der Waals surface area contributed by atoms with Crippen molar-refractivity contribution in [3.8, 4) is 11.5 Å². The number of nitrogens with zero attached hydrogens (tertiary/aromatic N) is 1. The molecule has 2 rings (SSSR count). The number of pyridine rings is 1. The summed E-state index contributed by atoms with van der Waals surface area (Å²) in [6.45, 7) is 2.42. The topological polar surface area (TPSA) is 48.1 Å². The van der Waals surface area contributed by atoms with E-state index >= 15 is 0 Å². The Morgan fingerprint density at radius 3 is 2.88 bits per heavy atom. The highest BCUT2D eigenvalue weighted by Gasteiger charge is 2.06. The van der Waals surface area contributed by atoms with E-state index in [9.17, 15) is 0 Å². The number of hydrogen-bond donors (Lipinski definition) is 1. The highest BCUT2D eigenvalue weighted by atomic mass is 79.9. The monoisotopic (exact) mass is 292 g/mol. The lowest BCUT2D eigenvalue weighted by Gasteiger charge is -2.11. The Balaban J connectivity index is 2.34. The Morgan fingerprint density at radius 2 is 2.12 bits per heavy atom. The fourth-order valence-corrected chi connectivity index (χ4v) is 1.81. The van der Waals surface area contributed by atoms with Gasteiger partial charge < -0.3 is 10.5 Å². The normalized spacial score (nSPS) is 10.3. The zero-order valence-corrected chi connectivity index (χ0v) is 11.1. The maximum Gasteiger partial charge on any atom is 0.135 e. The van der Waals surface area contributed by atoms with E-state index in [1.807, 2.05) is 31.2 Å². The van der Waals surface area contributed by atoms with Crippen LogP contribution < -0.4 is 10.5 Å². The zero-order valence-electron chi connectivity index (χ0n) is 9.48. The molecule has 0 saturated heterocycles. The Morgan fingerprint density at radius 1 is 1.29 bits per heavy atom. The molecular formula is C13H13BrN2O. The van der Waals surface area contributed by atoms with Crippen LogP contribution in [0.5, 0.6) is 11.5 Å². The van der Waals surface area contributed by atoms with Gasteiger partial charge in [-0.1, -0.05) is 22.0 Å². The van der Waals surface area contributed by atoms with Gasteiger partial charge in [0.15, 0.2) is 0 Å². The molecule has 0 saturated carbocycles. The van der Waals surface area contributed by atoms with Gasteiger partial charge in [-0.3, -0.25) is 4.98 Å². The first-order chi connectivity index (χ1) is 8.20. The summed E-state index contributed by atoms with van der Waals surface area (Å²) in [7, 11) is 0. The van der Waals surface area contributed by atoms with Crippen molar-refractivity contribution in [2.45, 2.75) is 13.5 Å². The first-order valence-corrected chi connectivity index (χ1v) is 6.07. The van der Waals surface area contributed by atoms with Crippen LogP contribution >= 0.6 is 15.9 Å². The molecule has 17 heavy (non-hydrogen) atoms. The van der Waals surface area contributed by atoms with Crippen molar-refractivity contribution < 1.29 is 4.74 Å². The smallest absolute Gasteiger partial charge is 0.135 e. The molecule has 2 aromatic rings. The van der Waals surface area contributed by atoms with Gasteiger partial charge in [0.25, 0.3) is 0 Å². The van der Waals surface area contributed by atoms with Crippen molar-refractivity contribution in [3.63, 3.8) is 0 Å². The third kappa shape index (κ3) is 2.84. The summed E-state index contributed by atoms with van der Waals surface area (Å²) >= 11 is 3.43. The third-order valence-electron chi connectivity index (χ3n) is 2.45. The first-order valence-electron chi connectivity index (χ1n) is 5.27. The van der Waals surface area contributed by atoms with Crippen LogP contribution in [-0.2, 0) is 6.54 Å². The standard InChI is InChI=1S/C13H13BrN2O/c1-9-2-3-11(14)6-13(9)17-12-4-5-16-8-10(12)7-15/h2-6,8H,7,15H2,1H3. The van der Waals surface area contributed by atoms with Crippen LogP contribution in [0.4, 0.5) is 0 Å². The minimum atomic E-state index is 0.413. The number of benzene rings is 1. The van der Waals surface area contributed by atoms with Crippen LogP contribution in [0.3, 0.4) is 0 Å². The summed E-state index contributed by atoms with van der Waals surface area (Å²) in [6.07, 6.45) is 3.42. The molecule has 2 N–H and O–H groups in total. The van der Waals surface area contributed by atoms with Crippen LogP contribution in [0.25, 0.3) is 0 Å². The van der Waals surface area contributed by atoms with E-state index in [1.54, 1.807) is 12.4 Å². The maximum atomic E-state index is 5.86. The number of aryl methyl sites for hydroxylation is 1. The summed E-state index contributed by atoms with van der Waals surface area (Å²) in [5.74, 6) is 1.57. The lowest BCUT2D eigenvalue weighted by atomic mass is 10.2. The van der Waals surface area contributed by atoms with Crippen molar-refractivity contribution in [3.05, 3.63) is 52.3 Å². The van der Waals surface area contributed by atoms with E-state index in [1.165, 1.54) is 0 Å². The molecule has 88 valence electrons. The molecule has 0 unspecified atom stereocenters. The maximum absolute atomic E-state index is 5.86. The second-order valence-corrected chi connectivity index (χ2v) is 4.62. The van der Waals surface area contributed by atoms with Gasteiger partial charge in [0.05, 0.1) is 0 Å². The second-order valence-electron chi connectivity index (χ2n) is 3.70. The average molecular weight is 293 g/mol. The summed E-state index contributed by atoms with van der Waals surface area (Å²) in [4.78, 5) is 4.03. The quantitative estimate of drug-likeness (QED) is 0.943. The van der Waals surface area contributed by atoms with Gasteiger partial charge in [-0.05, 0) is 30.7 Å². The van der Waals surface area contributed by atoms with Gasteiger partial charge in [0.1, 0.15) is 11.5 Å². The minimum Gasteiger partial charge on any atom is -0.457 e. The lowest BCUT2D eigenvalue weighted by Crippen LogP contribution is -2.00. The van der Waals surface area contributed by atoms with Crippen molar-refractivity contribution in [2.24, 2.45) is 5.73 Å². The van der Waals surface area contributed by atoms with Gasteiger partial charge in [-0.2, -0.15) is 0 Å². The number of rotatable bonds is 3. The number of halogens is 1. The molecule has 0 aliphatic rings. The summed E-state index contributed by atoms with van der Waals surface area (Å²) in [6, 6.07) is 7.75. The van der Waals surface area contributed by atoms with Crippen molar-refractivity contribution in [2.75, 3.05) is 0 Å². The molecule has 1 heterocycles. The van der Waals surface area contributed by atoms with Gasteiger partial charge >= 0.3 is 0 Å². The molecular weight excluding hydrogens is 280 g/mol. The van der Waals surface area contributed by atoms with Gasteiger partial charge in [0, 0.05) is 29.0 Å². The zero-order chi connectivity index (χ0) is 12.3. The molecule has 0 bridgehead atoms. The Hall–Kier alpha value is -1.39. The molecule has 1 aromatic heterocycles.